The molecule has 4 rings (SSSR count). The second kappa shape index (κ2) is 12.2. The molecular weight excluding hydrogens is 466 g/mol. The smallest absolute Gasteiger partial charge is 0.335 e. The van der Waals surface area contributed by atoms with E-state index in [1.165, 1.54) is 19.6 Å². The molecule has 190 valence electrons. The highest BCUT2D eigenvalue weighted by atomic mass is 16.5. The second-order valence-electron chi connectivity index (χ2n) is 9.29. The fourth-order valence-electron chi connectivity index (χ4n) is 4.69. The Morgan fingerprint density at radius 1 is 0.919 bits per heavy atom. The number of rotatable bonds is 8. The molecule has 1 aliphatic rings. The number of ether oxygens (including phenoxy) is 1. The van der Waals surface area contributed by atoms with Gasteiger partial charge in [0.1, 0.15) is 0 Å². The van der Waals surface area contributed by atoms with E-state index < -0.39 is 11.9 Å². The van der Waals surface area contributed by atoms with Crippen molar-refractivity contribution in [2.45, 2.75) is 38.6 Å². The first-order chi connectivity index (χ1) is 17.9. The summed E-state index contributed by atoms with van der Waals surface area (Å²) < 4.78 is 4.69. The summed E-state index contributed by atoms with van der Waals surface area (Å²) >= 11 is 0. The Labute approximate surface area is 217 Å². The first-order valence-electron chi connectivity index (χ1n) is 12.5. The van der Waals surface area contributed by atoms with E-state index in [0.717, 1.165) is 53.6 Å². The van der Waals surface area contributed by atoms with Crippen LogP contribution in [-0.2, 0) is 20.9 Å². The van der Waals surface area contributed by atoms with E-state index in [2.05, 4.69) is 4.74 Å². The first-order valence-corrected chi connectivity index (χ1v) is 12.5. The zero-order valence-corrected chi connectivity index (χ0v) is 20.9. The van der Waals surface area contributed by atoms with Crippen LogP contribution in [0, 0.1) is 5.92 Å². The van der Waals surface area contributed by atoms with E-state index in [0.29, 0.717) is 6.54 Å². The van der Waals surface area contributed by atoms with Gasteiger partial charge in [0.15, 0.2) is 0 Å². The van der Waals surface area contributed by atoms with Crippen molar-refractivity contribution in [3.8, 4) is 11.1 Å². The van der Waals surface area contributed by atoms with Crippen LogP contribution in [0.25, 0.3) is 17.2 Å². The second-order valence-corrected chi connectivity index (χ2v) is 9.29. The Bertz CT molecular complexity index is 1270. The molecule has 3 aromatic rings. The highest BCUT2D eigenvalue weighted by Gasteiger charge is 2.27. The van der Waals surface area contributed by atoms with Crippen molar-refractivity contribution in [1.29, 1.82) is 0 Å². The van der Waals surface area contributed by atoms with E-state index >= 15 is 0 Å². The molecule has 0 bridgehead atoms. The summed E-state index contributed by atoms with van der Waals surface area (Å²) in [6.45, 7) is 0.428. The maximum absolute atomic E-state index is 13.7. The van der Waals surface area contributed by atoms with Gasteiger partial charge in [0.2, 0.25) is 5.91 Å². The molecule has 0 aromatic heterocycles. The van der Waals surface area contributed by atoms with Crippen LogP contribution in [0.4, 0.5) is 5.69 Å². The number of carbonyl (C=O) groups is 3. The van der Waals surface area contributed by atoms with Gasteiger partial charge in [-0.25, -0.2) is 9.59 Å². The number of benzene rings is 3. The van der Waals surface area contributed by atoms with Crippen molar-refractivity contribution in [2.75, 3.05) is 12.0 Å². The third kappa shape index (κ3) is 6.73. The van der Waals surface area contributed by atoms with Crippen LogP contribution in [-0.4, -0.2) is 30.1 Å². The van der Waals surface area contributed by atoms with Gasteiger partial charge >= 0.3 is 11.9 Å². The van der Waals surface area contributed by atoms with E-state index in [-0.39, 0.29) is 17.4 Å². The Kier molecular flexibility index (Phi) is 8.52. The van der Waals surface area contributed by atoms with Crippen molar-refractivity contribution in [2.24, 2.45) is 5.92 Å². The Hall–Kier alpha value is -4.19. The normalized spacial score (nSPS) is 13.9. The summed E-state index contributed by atoms with van der Waals surface area (Å²) in [5.74, 6) is -1.25. The molecule has 0 spiro atoms. The first kappa shape index (κ1) is 25.9. The lowest BCUT2D eigenvalue weighted by molar-refractivity contribution is -0.134. The summed E-state index contributed by atoms with van der Waals surface area (Å²) in [4.78, 5) is 38.2. The number of carbonyl (C=O) groups excluding carboxylic acids is 2. The predicted octanol–water partition coefficient (Wildman–Crippen LogP) is 6.35. The predicted molar refractivity (Wildman–Crippen MR) is 144 cm³/mol. The van der Waals surface area contributed by atoms with E-state index in [9.17, 15) is 14.4 Å². The minimum atomic E-state index is -0.950. The molecule has 0 aliphatic heterocycles. The fourth-order valence-corrected chi connectivity index (χ4v) is 4.69. The Morgan fingerprint density at radius 3 is 2.19 bits per heavy atom. The molecule has 0 saturated heterocycles. The number of nitrogens with zero attached hydrogens (tertiary/aromatic N) is 1. The van der Waals surface area contributed by atoms with Gasteiger partial charge in [0, 0.05) is 17.7 Å². The molecule has 1 aliphatic carbocycles. The highest BCUT2D eigenvalue weighted by Crippen LogP contribution is 2.30. The quantitative estimate of drug-likeness (QED) is 0.290. The minimum absolute atomic E-state index is 0.00930. The summed E-state index contributed by atoms with van der Waals surface area (Å²) in [6, 6.07) is 22.4. The molecule has 1 N–H and O–H groups in total. The third-order valence-electron chi connectivity index (χ3n) is 6.78. The largest absolute Gasteiger partial charge is 0.478 e. The van der Waals surface area contributed by atoms with Gasteiger partial charge in [-0.1, -0.05) is 67.8 Å². The van der Waals surface area contributed by atoms with Crippen LogP contribution >= 0.6 is 0 Å². The van der Waals surface area contributed by atoms with Crippen molar-refractivity contribution in [3.63, 3.8) is 0 Å². The van der Waals surface area contributed by atoms with Gasteiger partial charge in [-0.3, -0.25) is 4.79 Å². The molecular formula is C31H31NO5. The minimum Gasteiger partial charge on any atom is -0.478 e. The molecule has 0 heterocycles. The van der Waals surface area contributed by atoms with Crippen LogP contribution in [0.3, 0.4) is 0 Å². The van der Waals surface area contributed by atoms with Crippen LogP contribution in [0.2, 0.25) is 0 Å². The molecule has 3 aromatic carbocycles. The molecule has 0 atom stereocenters. The van der Waals surface area contributed by atoms with Gasteiger partial charge in [-0.15, -0.1) is 0 Å². The van der Waals surface area contributed by atoms with Crippen LogP contribution < -0.4 is 4.90 Å². The number of esters is 1. The number of anilines is 1. The lowest BCUT2D eigenvalue weighted by Crippen LogP contribution is -2.36. The topological polar surface area (TPSA) is 83.9 Å². The zero-order chi connectivity index (χ0) is 26.2. The monoisotopic (exact) mass is 497 g/mol. The van der Waals surface area contributed by atoms with Crippen molar-refractivity contribution in [3.05, 3.63) is 95.6 Å². The van der Waals surface area contributed by atoms with Crippen molar-refractivity contribution in [1.82, 2.24) is 0 Å². The molecule has 1 amide bonds. The third-order valence-corrected chi connectivity index (χ3v) is 6.78. The zero-order valence-electron chi connectivity index (χ0n) is 20.9. The lowest BCUT2D eigenvalue weighted by atomic mass is 9.88. The van der Waals surface area contributed by atoms with Gasteiger partial charge in [-0.05, 0) is 65.4 Å². The maximum atomic E-state index is 13.7. The van der Waals surface area contributed by atoms with E-state index in [1.54, 1.807) is 30.3 Å². The number of hydrogen-bond donors (Lipinski definition) is 1. The summed E-state index contributed by atoms with van der Waals surface area (Å²) in [6.07, 6.45) is 8.18. The SMILES string of the molecule is COC(=O)C=Cc1cccc(N(Cc2ccc(-c3ccc(C(=O)O)cc3)cc2)C(=O)C2CCCCC2)c1. The van der Waals surface area contributed by atoms with Crippen molar-refractivity contribution < 1.29 is 24.2 Å². The number of carboxylic acid groups (broad SMARTS) is 1. The number of amides is 1. The van der Waals surface area contributed by atoms with Crippen LogP contribution in [0.15, 0.2) is 78.9 Å². The summed E-state index contributed by atoms with van der Waals surface area (Å²) in [5, 5.41) is 9.13. The number of hydrogen-bond acceptors (Lipinski definition) is 4. The molecule has 1 fully saturated rings. The average molecular weight is 498 g/mol. The molecule has 1 saturated carbocycles. The van der Waals surface area contributed by atoms with Gasteiger partial charge < -0.3 is 14.7 Å². The highest BCUT2D eigenvalue weighted by molar-refractivity contribution is 5.95. The summed E-state index contributed by atoms with van der Waals surface area (Å²) in [5.41, 5.74) is 4.74. The Balaban J connectivity index is 1.59. The van der Waals surface area contributed by atoms with Crippen LogP contribution in [0.5, 0.6) is 0 Å². The van der Waals surface area contributed by atoms with Crippen LogP contribution in [0.1, 0.15) is 53.6 Å². The number of methoxy groups -OCH3 is 1. The number of carboxylic acids is 1. The molecule has 37 heavy (non-hydrogen) atoms. The number of aromatic carboxylic acids is 1. The van der Waals surface area contributed by atoms with E-state index in [1.807, 2.05) is 53.4 Å². The van der Waals surface area contributed by atoms with Gasteiger partial charge in [0.05, 0.1) is 19.2 Å². The lowest BCUT2D eigenvalue weighted by Gasteiger charge is -2.30. The standard InChI is InChI=1S/C31H31NO5/c1-37-29(33)19-12-22-6-5-9-28(20-22)32(30(34)26-7-3-2-4-8-26)21-23-10-13-24(14-11-23)25-15-17-27(18-16-25)31(35)36/h5-6,9-20,26H,2-4,7-8,21H2,1H3,(H,35,36). The molecule has 0 unspecified atom stereocenters. The van der Waals surface area contributed by atoms with Gasteiger partial charge in [-0.2, -0.15) is 0 Å². The molecule has 0 radical (unpaired) electrons. The molecule has 6 nitrogen and oxygen atoms in total. The average Bonchev–Trinajstić information content (AvgIpc) is 2.95. The summed E-state index contributed by atoms with van der Waals surface area (Å²) in [7, 11) is 1.34. The fraction of sp³-hybridized carbons (Fsp3) is 0.258. The van der Waals surface area contributed by atoms with Crippen molar-refractivity contribution >= 4 is 29.6 Å². The van der Waals surface area contributed by atoms with E-state index in [4.69, 9.17) is 5.11 Å². The van der Waals surface area contributed by atoms with Gasteiger partial charge in [0.25, 0.3) is 0 Å². The maximum Gasteiger partial charge on any atom is 0.335 e. The molecule has 6 heteroatoms. The Morgan fingerprint density at radius 2 is 1.57 bits per heavy atom.